The number of rotatable bonds is 6. The highest BCUT2D eigenvalue weighted by Crippen LogP contribution is 2.19. The Morgan fingerprint density at radius 1 is 1.04 bits per heavy atom. The van der Waals surface area contributed by atoms with Gasteiger partial charge in [-0.25, -0.2) is 4.39 Å². The van der Waals surface area contributed by atoms with Crippen LogP contribution in [0, 0.1) is 5.82 Å². The maximum atomic E-state index is 13.0. The van der Waals surface area contributed by atoms with Gasteiger partial charge in [0, 0.05) is 17.3 Å². The molecule has 0 aliphatic rings. The molecule has 2 aromatic carbocycles. The van der Waals surface area contributed by atoms with Crippen molar-refractivity contribution in [1.29, 1.82) is 0 Å². The summed E-state index contributed by atoms with van der Waals surface area (Å²) in [5.74, 6) is -1.48. The molecule has 0 heterocycles. The molecule has 0 saturated heterocycles. The van der Waals surface area contributed by atoms with Crippen LogP contribution in [0.5, 0.6) is 0 Å². The standard InChI is InChI=1S/C17H15Cl2FN2O2/c18-12-3-1-2-11(8-12)6-7-21-16(23)10-17(24)22-13-4-5-15(20)14(19)9-13/h1-5,8-9H,6-7,10H2,(H,21,23)(H,22,24). The first kappa shape index (κ1) is 18.2. The van der Waals surface area contributed by atoms with E-state index in [1.165, 1.54) is 12.1 Å². The van der Waals surface area contributed by atoms with Gasteiger partial charge in [-0.2, -0.15) is 0 Å². The van der Waals surface area contributed by atoms with E-state index in [-0.39, 0.29) is 11.4 Å². The number of carbonyl (C=O) groups is 2. The summed E-state index contributed by atoms with van der Waals surface area (Å²) in [6, 6.07) is 11.1. The molecule has 0 aliphatic carbocycles. The van der Waals surface area contributed by atoms with Crippen LogP contribution in [0.2, 0.25) is 10.0 Å². The van der Waals surface area contributed by atoms with Gasteiger partial charge >= 0.3 is 0 Å². The lowest BCUT2D eigenvalue weighted by molar-refractivity contribution is -0.126. The van der Waals surface area contributed by atoms with E-state index in [2.05, 4.69) is 10.6 Å². The number of hydrogen-bond donors (Lipinski definition) is 2. The van der Waals surface area contributed by atoms with Crippen molar-refractivity contribution in [2.24, 2.45) is 0 Å². The normalized spacial score (nSPS) is 10.3. The monoisotopic (exact) mass is 368 g/mol. The first-order valence-corrected chi connectivity index (χ1v) is 7.95. The summed E-state index contributed by atoms with van der Waals surface area (Å²) in [6.07, 6.45) is 0.284. The quantitative estimate of drug-likeness (QED) is 0.761. The SMILES string of the molecule is O=C(CC(=O)Nc1ccc(F)c(Cl)c1)NCCc1cccc(Cl)c1. The molecule has 0 atom stereocenters. The zero-order chi connectivity index (χ0) is 17.5. The van der Waals surface area contributed by atoms with Crippen LogP contribution >= 0.6 is 23.2 Å². The topological polar surface area (TPSA) is 58.2 Å². The smallest absolute Gasteiger partial charge is 0.233 e. The zero-order valence-corrected chi connectivity index (χ0v) is 14.1. The molecule has 24 heavy (non-hydrogen) atoms. The Balaban J connectivity index is 1.75. The Kier molecular flexibility index (Phi) is 6.58. The maximum Gasteiger partial charge on any atom is 0.233 e. The minimum Gasteiger partial charge on any atom is -0.355 e. The predicted molar refractivity (Wildman–Crippen MR) is 92.8 cm³/mol. The molecule has 0 fully saturated rings. The van der Waals surface area contributed by atoms with Crippen LogP contribution in [0.3, 0.4) is 0 Å². The van der Waals surface area contributed by atoms with Gasteiger partial charge in [0.05, 0.1) is 5.02 Å². The van der Waals surface area contributed by atoms with Crippen LogP contribution in [-0.2, 0) is 16.0 Å². The highest BCUT2D eigenvalue weighted by atomic mass is 35.5. The van der Waals surface area contributed by atoms with E-state index in [1.807, 2.05) is 18.2 Å². The van der Waals surface area contributed by atoms with E-state index in [0.29, 0.717) is 23.7 Å². The summed E-state index contributed by atoms with van der Waals surface area (Å²) in [6.45, 7) is 0.398. The van der Waals surface area contributed by atoms with Crippen molar-refractivity contribution >= 4 is 40.7 Å². The van der Waals surface area contributed by atoms with Gasteiger partial charge in [-0.15, -0.1) is 0 Å². The van der Waals surface area contributed by atoms with E-state index in [4.69, 9.17) is 23.2 Å². The molecule has 2 N–H and O–H groups in total. The minimum absolute atomic E-state index is 0.0984. The highest BCUT2D eigenvalue weighted by Gasteiger charge is 2.10. The summed E-state index contributed by atoms with van der Waals surface area (Å²) < 4.78 is 13.0. The van der Waals surface area contributed by atoms with Crippen LogP contribution in [-0.4, -0.2) is 18.4 Å². The van der Waals surface area contributed by atoms with E-state index < -0.39 is 17.6 Å². The van der Waals surface area contributed by atoms with Crippen molar-refractivity contribution in [2.75, 3.05) is 11.9 Å². The molecule has 0 bridgehead atoms. The summed E-state index contributed by atoms with van der Waals surface area (Å²) >= 11 is 11.5. The molecule has 0 unspecified atom stereocenters. The van der Waals surface area contributed by atoms with Crippen molar-refractivity contribution in [2.45, 2.75) is 12.8 Å². The van der Waals surface area contributed by atoms with Gasteiger partial charge in [0.1, 0.15) is 12.2 Å². The van der Waals surface area contributed by atoms with E-state index >= 15 is 0 Å². The lowest BCUT2D eigenvalue weighted by atomic mass is 10.1. The number of benzene rings is 2. The first-order chi connectivity index (χ1) is 11.4. The Morgan fingerprint density at radius 2 is 1.83 bits per heavy atom. The molecule has 0 aliphatic heterocycles. The van der Waals surface area contributed by atoms with Gasteiger partial charge in [0.2, 0.25) is 11.8 Å². The number of halogens is 3. The molecular weight excluding hydrogens is 354 g/mol. The number of hydrogen-bond acceptors (Lipinski definition) is 2. The van der Waals surface area contributed by atoms with Crippen molar-refractivity contribution in [3.8, 4) is 0 Å². The van der Waals surface area contributed by atoms with E-state index in [0.717, 1.165) is 11.6 Å². The van der Waals surface area contributed by atoms with Crippen molar-refractivity contribution in [3.63, 3.8) is 0 Å². The van der Waals surface area contributed by atoms with Crippen molar-refractivity contribution in [3.05, 3.63) is 63.9 Å². The Labute approximate surface area is 149 Å². The molecule has 2 amide bonds. The fourth-order valence-electron chi connectivity index (χ4n) is 2.03. The summed E-state index contributed by atoms with van der Waals surface area (Å²) in [7, 11) is 0. The lowest BCUT2D eigenvalue weighted by Crippen LogP contribution is -2.29. The lowest BCUT2D eigenvalue weighted by Gasteiger charge is -2.07. The second-order valence-electron chi connectivity index (χ2n) is 5.08. The van der Waals surface area contributed by atoms with Crippen LogP contribution in [0.4, 0.5) is 10.1 Å². The fraction of sp³-hybridized carbons (Fsp3) is 0.176. The number of nitrogens with one attached hydrogen (secondary N) is 2. The Morgan fingerprint density at radius 3 is 2.54 bits per heavy atom. The molecule has 4 nitrogen and oxygen atoms in total. The molecule has 0 spiro atoms. The second-order valence-corrected chi connectivity index (χ2v) is 5.93. The van der Waals surface area contributed by atoms with Crippen LogP contribution in [0.1, 0.15) is 12.0 Å². The first-order valence-electron chi connectivity index (χ1n) is 7.20. The van der Waals surface area contributed by atoms with Gasteiger partial charge in [-0.3, -0.25) is 9.59 Å². The average Bonchev–Trinajstić information content (AvgIpc) is 2.51. The third-order valence-electron chi connectivity index (χ3n) is 3.15. The third kappa shape index (κ3) is 5.83. The van der Waals surface area contributed by atoms with Crippen LogP contribution < -0.4 is 10.6 Å². The van der Waals surface area contributed by atoms with Gasteiger partial charge < -0.3 is 10.6 Å². The number of anilines is 1. The largest absolute Gasteiger partial charge is 0.355 e. The second kappa shape index (κ2) is 8.66. The van der Waals surface area contributed by atoms with Crippen LogP contribution in [0.25, 0.3) is 0 Å². The molecule has 7 heteroatoms. The molecule has 0 radical (unpaired) electrons. The maximum absolute atomic E-state index is 13.0. The predicted octanol–water partition coefficient (Wildman–Crippen LogP) is 3.82. The van der Waals surface area contributed by atoms with Crippen LogP contribution in [0.15, 0.2) is 42.5 Å². The van der Waals surface area contributed by atoms with Gasteiger partial charge in [-0.05, 0) is 42.3 Å². The number of carbonyl (C=O) groups excluding carboxylic acids is 2. The zero-order valence-electron chi connectivity index (χ0n) is 12.6. The molecule has 0 saturated carbocycles. The van der Waals surface area contributed by atoms with Gasteiger partial charge in [-0.1, -0.05) is 35.3 Å². The molecule has 2 aromatic rings. The van der Waals surface area contributed by atoms with Crippen molar-refractivity contribution in [1.82, 2.24) is 5.32 Å². The Bertz CT molecular complexity index is 753. The summed E-state index contributed by atoms with van der Waals surface area (Å²) in [5.41, 5.74) is 1.33. The van der Waals surface area contributed by atoms with Gasteiger partial charge in [0.25, 0.3) is 0 Å². The molecule has 0 aromatic heterocycles. The summed E-state index contributed by atoms with van der Waals surface area (Å²) in [4.78, 5) is 23.5. The summed E-state index contributed by atoms with van der Waals surface area (Å²) in [5, 5.41) is 5.68. The molecule has 126 valence electrons. The van der Waals surface area contributed by atoms with Gasteiger partial charge in [0.15, 0.2) is 0 Å². The minimum atomic E-state index is -0.576. The van der Waals surface area contributed by atoms with E-state index in [9.17, 15) is 14.0 Å². The average molecular weight is 369 g/mol. The highest BCUT2D eigenvalue weighted by molar-refractivity contribution is 6.31. The van der Waals surface area contributed by atoms with E-state index in [1.54, 1.807) is 6.07 Å². The fourth-order valence-corrected chi connectivity index (χ4v) is 2.42. The molecular formula is C17H15Cl2FN2O2. The molecule has 2 rings (SSSR count). The Hall–Kier alpha value is -2.11. The van der Waals surface area contributed by atoms with Crippen molar-refractivity contribution < 1.29 is 14.0 Å². The number of amides is 2. The third-order valence-corrected chi connectivity index (χ3v) is 3.67.